The number of carbonyl (C=O) groups is 1. The molecule has 23 heavy (non-hydrogen) atoms. The van der Waals surface area contributed by atoms with Crippen molar-refractivity contribution in [3.05, 3.63) is 42.0 Å². The monoisotopic (exact) mass is 316 g/mol. The van der Waals surface area contributed by atoms with Crippen LogP contribution in [0.15, 0.2) is 36.4 Å². The molecule has 2 aromatic rings. The van der Waals surface area contributed by atoms with Crippen LogP contribution in [0.3, 0.4) is 0 Å². The maximum Gasteiger partial charge on any atom is 0.315 e. The van der Waals surface area contributed by atoms with Crippen molar-refractivity contribution in [1.29, 1.82) is 0 Å². The predicted molar refractivity (Wildman–Crippen MR) is 81.5 cm³/mol. The Bertz CT molecular complexity index is 725. The Hall–Kier alpha value is -2.89. The van der Waals surface area contributed by atoms with Crippen molar-refractivity contribution in [1.82, 2.24) is 0 Å². The van der Waals surface area contributed by atoms with Gasteiger partial charge in [-0.2, -0.15) is 0 Å². The van der Waals surface area contributed by atoms with Crippen LogP contribution >= 0.6 is 0 Å². The van der Waals surface area contributed by atoms with Crippen molar-refractivity contribution in [2.24, 2.45) is 0 Å². The molecule has 120 valence electrons. The Morgan fingerprint density at radius 3 is 2.57 bits per heavy atom. The van der Waals surface area contributed by atoms with Crippen molar-refractivity contribution >= 4 is 5.97 Å². The third-order valence-electron chi connectivity index (χ3n) is 3.37. The Morgan fingerprint density at radius 2 is 1.78 bits per heavy atom. The largest absolute Gasteiger partial charge is 0.493 e. The van der Waals surface area contributed by atoms with Crippen molar-refractivity contribution in [2.75, 3.05) is 21.0 Å². The lowest BCUT2D eigenvalue weighted by atomic mass is 10.1. The molecule has 0 amide bonds. The summed E-state index contributed by atoms with van der Waals surface area (Å²) in [4.78, 5) is 12.1. The Morgan fingerprint density at radius 1 is 1.00 bits per heavy atom. The lowest BCUT2D eigenvalue weighted by Gasteiger charge is -2.09. The second-order valence-corrected chi connectivity index (χ2v) is 4.86. The molecule has 0 aromatic heterocycles. The Labute approximate surface area is 133 Å². The highest BCUT2D eigenvalue weighted by atomic mass is 16.7. The number of hydrogen-bond donors (Lipinski definition) is 0. The first-order chi connectivity index (χ1) is 11.2. The zero-order valence-electron chi connectivity index (χ0n) is 12.8. The van der Waals surface area contributed by atoms with Crippen LogP contribution in [0.25, 0.3) is 0 Å². The average Bonchev–Trinajstić information content (AvgIpc) is 3.02. The number of fused-ring (bicyclic) bond motifs is 1. The summed E-state index contributed by atoms with van der Waals surface area (Å²) >= 11 is 0. The second kappa shape index (κ2) is 6.48. The van der Waals surface area contributed by atoms with Gasteiger partial charge in [-0.3, -0.25) is 4.79 Å². The van der Waals surface area contributed by atoms with E-state index >= 15 is 0 Å². The number of rotatable bonds is 5. The molecule has 6 nitrogen and oxygen atoms in total. The number of esters is 1. The molecule has 0 radical (unpaired) electrons. The van der Waals surface area contributed by atoms with Crippen LogP contribution in [0, 0.1) is 0 Å². The van der Waals surface area contributed by atoms with Crippen LogP contribution < -0.4 is 23.7 Å². The second-order valence-electron chi connectivity index (χ2n) is 4.86. The van der Waals surface area contributed by atoms with Gasteiger partial charge in [0.1, 0.15) is 5.75 Å². The maximum atomic E-state index is 12.1. The van der Waals surface area contributed by atoms with Gasteiger partial charge in [-0.15, -0.1) is 0 Å². The summed E-state index contributed by atoms with van der Waals surface area (Å²) in [5, 5.41) is 0. The fourth-order valence-electron chi connectivity index (χ4n) is 2.27. The zero-order valence-corrected chi connectivity index (χ0v) is 12.8. The number of hydrogen-bond acceptors (Lipinski definition) is 6. The third-order valence-corrected chi connectivity index (χ3v) is 3.37. The minimum atomic E-state index is -0.379. The minimum absolute atomic E-state index is 0.120. The third kappa shape index (κ3) is 3.31. The molecule has 1 aliphatic heterocycles. The summed E-state index contributed by atoms with van der Waals surface area (Å²) in [6.07, 6.45) is 0.120. The lowest BCUT2D eigenvalue weighted by Crippen LogP contribution is -2.11. The van der Waals surface area contributed by atoms with Gasteiger partial charge in [0, 0.05) is 6.07 Å². The number of benzene rings is 2. The van der Waals surface area contributed by atoms with E-state index in [0.717, 1.165) is 5.56 Å². The topological polar surface area (TPSA) is 63.2 Å². The molecule has 1 heterocycles. The minimum Gasteiger partial charge on any atom is -0.493 e. The lowest BCUT2D eigenvalue weighted by molar-refractivity contribution is -0.133. The first kappa shape index (κ1) is 15.0. The van der Waals surface area contributed by atoms with E-state index in [9.17, 15) is 4.79 Å². The fraction of sp³-hybridized carbons (Fsp3) is 0.235. The Balaban J connectivity index is 1.67. The molecule has 0 fully saturated rings. The molecule has 0 bridgehead atoms. The van der Waals surface area contributed by atoms with Crippen LogP contribution in [0.2, 0.25) is 0 Å². The first-order valence-corrected chi connectivity index (χ1v) is 7.01. The normalized spacial score (nSPS) is 11.9. The van der Waals surface area contributed by atoms with Gasteiger partial charge in [0.2, 0.25) is 6.79 Å². The number of ether oxygens (including phenoxy) is 5. The quantitative estimate of drug-likeness (QED) is 0.624. The van der Waals surface area contributed by atoms with E-state index in [-0.39, 0.29) is 19.2 Å². The maximum absolute atomic E-state index is 12.1. The van der Waals surface area contributed by atoms with Crippen molar-refractivity contribution in [3.8, 4) is 28.7 Å². The van der Waals surface area contributed by atoms with Crippen LogP contribution in [0.4, 0.5) is 0 Å². The van der Waals surface area contributed by atoms with Crippen molar-refractivity contribution in [2.45, 2.75) is 6.42 Å². The van der Waals surface area contributed by atoms with Crippen molar-refractivity contribution < 1.29 is 28.5 Å². The van der Waals surface area contributed by atoms with Crippen LogP contribution in [-0.2, 0) is 11.2 Å². The van der Waals surface area contributed by atoms with E-state index in [1.165, 1.54) is 0 Å². The van der Waals surface area contributed by atoms with E-state index in [1.54, 1.807) is 50.6 Å². The van der Waals surface area contributed by atoms with E-state index in [0.29, 0.717) is 28.7 Å². The molecule has 3 rings (SSSR count). The highest BCUT2D eigenvalue weighted by Crippen LogP contribution is 2.35. The van der Waals surface area contributed by atoms with Gasteiger partial charge in [0.15, 0.2) is 23.0 Å². The van der Waals surface area contributed by atoms with Crippen LogP contribution in [0.5, 0.6) is 28.7 Å². The molecule has 0 saturated heterocycles. The van der Waals surface area contributed by atoms with Gasteiger partial charge < -0.3 is 23.7 Å². The van der Waals surface area contributed by atoms with Gasteiger partial charge in [0.05, 0.1) is 20.6 Å². The highest BCUT2D eigenvalue weighted by Gasteiger charge is 2.16. The van der Waals surface area contributed by atoms with Gasteiger partial charge in [0.25, 0.3) is 0 Å². The van der Waals surface area contributed by atoms with Gasteiger partial charge in [-0.25, -0.2) is 0 Å². The highest BCUT2D eigenvalue weighted by molar-refractivity contribution is 5.75. The summed E-state index contributed by atoms with van der Waals surface area (Å²) in [6.45, 7) is 0.179. The predicted octanol–water partition coefficient (Wildman–Crippen LogP) is 2.58. The van der Waals surface area contributed by atoms with Gasteiger partial charge in [-0.1, -0.05) is 6.07 Å². The summed E-state index contributed by atoms with van der Waals surface area (Å²) < 4.78 is 26.2. The number of carbonyl (C=O) groups excluding carboxylic acids is 1. The molecule has 1 aliphatic rings. The molecular formula is C17H16O6. The Kier molecular flexibility index (Phi) is 4.23. The van der Waals surface area contributed by atoms with Gasteiger partial charge >= 0.3 is 5.97 Å². The van der Waals surface area contributed by atoms with Gasteiger partial charge in [-0.05, 0) is 29.8 Å². The molecule has 6 heteroatoms. The first-order valence-electron chi connectivity index (χ1n) is 7.01. The SMILES string of the molecule is COc1ccc(CC(=O)Oc2ccc3c(c2)OCO3)cc1OC. The average molecular weight is 316 g/mol. The van der Waals surface area contributed by atoms with Crippen LogP contribution in [0.1, 0.15) is 5.56 Å². The molecule has 0 saturated carbocycles. The summed E-state index contributed by atoms with van der Waals surface area (Å²) in [5.41, 5.74) is 0.772. The molecule has 0 aliphatic carbocycles. The smallest absolute Gasteiger partial charge is 0.315 e. The number of methoxy groups -OCH3 is 2. The van der Waals surface area contributed by atoms with Crippen molar-refractivity contribution in [3.63, 3.8) is 0 Å². The molecule has 0 N–H and O–H groups in total. The molecule has 2 aromatic carbocycles. The molecule has 0 spiro atoms. The molecule has 0 unspecified atom stereocenters. The fourth-order valence-corrected chi connectivity index (χ4v) is 2.27. The van der Waals surface area contributed by atoms with E-state index < -0.39 is 0 Å². The summed E-state index contributed by atoms with van der Waals surface area (Å²) in [5.74, 6) is 2.43. The summed E-state index contributed by atoms with van der Waals surface area (Å²) in [6, 6.07) is 10.3. The van der Waals surface area contributed by atoms with E-state index in [1.807, 2.05) is 0 Å². The van der Waals surface area contributed by atoms with E-state index in [4.69, 9.17) is 23.7 Å². The molecule has 0 atom stereocenters. The molecular weight excluding hydrogens is 300 g/mol. The standard InChI is InChI=1S/C17H16O6/c1-19-13-5-3-11(7-15(13)20-2)8-17(18)23-12-4-6-14-16(9-12)22-10-21-14/h3-7,9H,8,10H2,1-2H3. The summed E-state index contributed by atoms with van der Waals surface area (Å²) in [7, 11) is 3.11. The zero-order chi connectivity index (χ0) is 16.2. The van der Waals surface area contributed by atoms with E-state index in [2.05, 4.69) is 0 Å². The van der Waals surface area contributed by atoms with Crippen LogP contribution in [-0.4, -0.2) is 27.0 Å².